The highest BCUT2D eigenvalue weighted by Gasteiger charge is 2.08. The van der Waals surface area contributed by atoms with Crippen molar-refractivity contribution in [3.63, 3.8) is 0 Å². The van der Waals surface area contributed by atoms with Crippen LogP contribution in [-0.2, 0) is 6.42 Å². The standard InChI is InChI=1S/C15H12BFO/c16-13-8-7-12(10-14(13)17)15(18)9-6-11-4-2-1-3-5-11/h1-5,7-8,10H,6,9H2. The predicted octanol–water partition coefficient (Wildman–Crippen LogP) is 2.44. The first kappa shape index (κ1) is 12.6. The normalized spacial score (nSPS) is 10.3. The zero-order valence-corrected chi connectivity index (χ0v) is 9.90. The van der Waals surface area contributed by atoms with Crippen molar-refractivity contribution in [2.45, 2.75) is 12.8 Å². The van der Waals surface area contributed by atoms with Crippen LogP contribution < -0.4 is 5.46 Å². The molecule has 2 rings (SSSR count). The molecule has 18 heavy (non-hydrogen) atoms. The van der Waals surface area contributed by atoms with Gasteiger partial charge in [-0.25, -0.2) is 4.39 Å². The summed E-state index contributed by atoms with van der Waals surface area (Å²) in [4.78, 5) is 11.9. The molecule has 3 heteroatoms. The molecule has 0 aliphatic heterocycles. The molecule has 0 saturated heterocycles. The summed E-state index contributed by atoms with van der Waals surface area (Å²) in [6.07, 6.45) is 1.03. The van der Waals surface area contributed by atoms with Crippen LogP contribution in [0.3, 0.4) is 0 Å². The van der Waals surface area contributed by atoms with Crippen LogP contribution in [0.25, 0.3) is 0 Å². The molecule has 0 spiro atoms. The lowest BCUT2D eigenvalue weighted by Crippen LogP contribution is -2.10. The molecule has 0 atom stereocenters. The summed E-state index contributed by atoms with van der Waals surface area (Å²) in [6, 6.07) is 13.9. The molecular formula is C15H12BFO. The van der Waals surface area contributed by atoms with Gasteiger partial charge >= 0.3 is 0 Å². The number of carbonyl (C=O) groups is 1. The van der Waals surface area contributed by atoms with Gasteiger partial charge in [-0.15, -0.1) is 0 Å². The first-order valence-corrected chi connectivity index (χ1v) is 5.79. The van der Waals surface area contributed by atoms with Gasteiger partial charge in [-0.1, -0.05) is 47.9 Å². The van der Waals surface area contributed by atoms with Gasteiger partial charge in [0.2, 0.25) is 0 Å². The van der Waals surface area contributed by atoms with Gasteiger partial charge in [0.15, 0.2) is 5.78 Å². The lowest BCUT2D eigenvalue weighted by molar-refractivity contribution is 0.0982. The number of benzene rings is 2. The van der Waals surface area contributed by atoms with Gasteiger partial charge in [-0.2, -0.15) is 0 Å². The molecule has 0 aliphatic carbocycles. The Labute approximate surface area is 107 Å². The van der Waals surface area contributed by atoms with Crippen molar-refractivity contribution in [2.75, 3.05) is 0 Å². The first-order valence-electron chi connectivity index (χ1n) is 5.79. The average molecular weight is 238 g/mol. The third-order valence-electron chi connectivity index (χ3n) is 2.81. The first-order chi connectivity index (χ1) is 8.66. The number of carbonyl (C=O) groups excluding carboxylic acids is 1. The Morgan fingerprint density at radius 1 is 1.11 bits per heavy atom. The Morgan fingerprint density at radius 3 is 2.50 bits per heavy atom. The summed E-state index contributed by atoms with van der Waals surface area (Å²) >= 11 is 0. The van der Waals surface area contributed by atoms with Crippen molar-refractivity contribution in [3.05, 3.63) is 65.5 Å². The fourth-order valence-electron chi connectivity index (χ4n) is 1.75. The summed E-state index contributed by atoms with van der Waals surface area (Å²) in [5.41, 5.74) is 1.54. The number of hydrogen-bond acceptors (Lipinski definition) is 1. The summed E-state index contributed by atoms with van der Waals surface area (Å²) < 4.78 is 13.2. The van der Waals surface area contributed by atoms with E-state index < -0.39 is 5.82 Å². The molecule has 0 N–H and O–H groups in total. The van der Waals surface area contributed by atoms with Crippen molar-refractivity contribution < 1.29 is 9.18 Å². The number of halogens is 1. The third kappa shape index (κ3) is 3.07. The molecule has 0 amide bonds. The molecule has 1 nitrogen and oxygen atoms in total. The van der Waals surface area contributed by atoms with E-state index in [-0.39, 0.29) is 11.2 Å². The summed E-state index contributed by atoms with van der Waals surface area (Å²) in [5, 5.41) is 0. The van der Waals surface area contributed by atoms with Crippen LogP contribution in [0.15, 0.2) is 48.5 Å². The van der Waals surface area contributed by atoms with Crippen molar-refractivity contribution in [2.24, 2.45) is 0 Å². The zero-order valence-electron chi connectivity index (χ0n) is 9.90. The molecule has 0 fully saturated rings. The molecule has 0 heterocycles. The maximum atomic E-state index is 13.2. The van der Waals surface area contributed by atoms with Gasteiger partial charge in [0, 0.05) is 12.0 Å². The van der Waals surface area contributed by atoms with Gasteiger partial charge in [0.1, 0.15) is 13.7 Å². The van der Waals surface area contributed by atoms with E-state index in [0.29, 0.717) is 18.4 Å². The van der Waals surface area contributed by atoms with Gasteiger partial charge in [0.05, 0.1) is 0 Å². The Balaban J connectivity index is 2.02. The molecule has 2 aromatic rings. The van der Waals surface area contributed by atoms with Crippen LogP contribution in [0.2, 0.25) is 0 Å². The molecule has 0 aromatic heterocycles. The average Bonchev–Trinajstić information content (AvgIpc) is 2.40. The monoisotopic (exact) mass is 238 g/mol. The van der Waals surface area contributed by atoms with E-state index in [4.69, 9.17) is 7.85 Å². The number of hydrogen-bond donors (Lipinski definition) is 0. The van der Waals surface area contributed by atoms with Crippen LogP contribution >= 0.6 is 0 Å². The van der Waals surface area contributed by atoms with Crippen LogP contribution in [0.1, 0.15) is 22.3 Å². The number of aryl methyl sites for hydroxylation is 1. The topological polar surface area (TPSA) is 17.1 Å². The highest BCUT2D eigenvalue weighted by molar-refractivity contribution is 6.32. The van der Waals surface area contributed by atoms with E-state index in [1.807, 2.05) is 30.3 Å². The fourth-order valence-corrected chi connectivity index (χ4v) is 1.75. The smallest absolute Gasteiger partial charge is 0.163 e. The van der Waals surface area contributed by atoms with Crippen molar-refractivity contribution >= 4 is 19.1 Å². The molecule has 0 unspecified atom stereocenters. The van der Waals surface area contributed by atoms with Crippen LogP contribution in [0, 0.1) is 5.82 Å². The highest BCUT2D eigenvalue weighted by atomic mass is 19.1. The lowest BCUT2D eigenvalue weighted by atomic mass is 9.93. The third-order valence-corrected chi connectivity index (χ3v) is 2.81. The Kier molecular flexibility index (Phi) is 3.93. The lowest BCUT2D eigenvalue weighted by Gasteiger charge is -2.03. The van der Waals surface area contributed by atoms with Crippen LogP contribution in [-0.4, -0.2) is 13.6 Å². The second kappa shape index (κ2) is 5.63. The molecule has 2 aromatic carbocycles. The molecule has 0 aliphatic rings. The number of Topliss-reactive ketones (excluding diaryl/α,β-unsaturated/α-hetero) is 1. The zero-order chi connectivity index (χ0) is 13.0. The Bertz CT molecular complexity index is 552. The fraction of sp³-hybridized carbons (Fsp3) is 0.133. The van der Waals surface area contributed by atoms with Crippen molar-refractivity contribution in [3.8, 4) is 0 Å². The van der Waals surface area contributed by atoms with Gasteiger partial charge in [-0.05, 0) is 18.1 Å². The molecular weight excluding hydrogens is 226 g/mol. The van der Waals surface area contributed by atoms with Gasteiger partial charge in [0.25, 0.3) is 0 Å². The van der Waals surface area contributed by atoms with E-state index in [2.05, 4.69) is 0 Å². The molecule has 88 valence electrons. The predicted molar refractivity (Wildman–Crippen MR) is 70.9 cm³/mol. The highest BCUT2D eigenvalue weighted by Crippen LogP contribution is 2.09. The van der Waals surface area contributed by atoms with E-state index >= 15 is 0 Å². The number of ketones is 1. The minimum Gasteiger partial charge on any atom is -0.294 e. The molecule has 2 radical (unpaired) electrons. The molecule has 0 saturated carbocycles. The summed E-state index contributed by atoms with van der Waals surface area (Å²) in [7, 11) is 5.37. The minimum atomic E-state index is -0.541. The van der Waals surface area contributed by atoms with E-state index in [0.717, 1.165) is 5.56 Å². The maximum absolute atomic E-state index is 13.2. The summed E-state index contributed by atoms with van der Waals surface area (Å²) in [5.74, 6) is -0.613. The largest absolute Gasteiger partial charge is 0.294 e. The second-order valence-electron chi connectivity index (χ2n) is 4.15. The van der Waals surface area contributed by atoms with Crippen molar-refractivity contribution in [1.29, 1.82) is 0 Å². The number of rotatable bonds is 4. The SMILES string of the molecule is [B]c1ccc(C(=O)CCc2ccccc2)cc1F. The van der Waals surface area contributed by atoms with E-state index in [1.165, 1.54) is 12.1 Å². The van der Waals surface area contributed by atoms with Crippen molar-refractivity contribution in [1.82, 2.24) is 0 Å². The quantitative estimate of drug-likeness (QED) is 0.590. The Hall–Kier alpha value is -1.90. The second-order valence-corrected chi connectivity index (χ2v) is 4.15. The maximum Gasteiger partial charge on any atom is 0.163 e. The van der Waals surface area contributed by atoms with E-state index in [1.54, 1.807) is 6.07 Å². The van der Waals surface area contributed by atoms with E-state index in [9.17, 15) is 9.18 Å². The van der Waals surface area contributed by atoms with Crippen LogP contribution in [0.4, 0.5) is 4.39 Å². The van der Waals surface area contributed by atoms with Crippen LogP contribution in [0.5, 0.6) is 0 Å². The van der Waals surface area contributed by atoms with Gasteiger partial charge in [-0.3, -0.25) is 4.79 Å². The summed E-state index contributed by atoms with van der Waals surface area (Å²) in [6.45, 7) is 0. The molecule has 0 bridgehead atoms. The van der Waals surface area contributed by atoms with Gasteiger partial charge < -0.3 is 0 Å². The Morgan fingerprint density at radius 2 is 1.83 bits per heavy atom. The minimum absolute atomic E-state index is 0.0645.